The number of hydrogen-bond donors (Lipinski definition) is 0. The average Bonchev–Trinajstić information content (AvgIpc) is 2.18. The third kappa shape index (κ3) is 3.86. The van der Waals surface area contributed by atoms with E-state index in [0.29, 0.717) is 0 Å². The Morgan fingerprint density at radius 3 is 2.13 bits per heavy atom. The van der Waals surface area contributed by atoms with Crippen molar-refractivity contribution in [3.63, 3.8) is 0 Å². The van der Waals surface area contributed by atoms with Crippen LogP contribution < -0.4 is 0 Å². The van der Waals surface area contributed by atoms with Gasteiger partial charge in [-0.2, -0.15) is 0 Å². The SMILES string of the molecule is C=C/C=C(\C=C/C)N(C(=C)C)C(=C)C=C. The van der Waals surface area contributed by atoms with Crippen LogP contribution in [0.4, 0.5) is 0 Å². The summed E-state index contributed by atoms with van der Waals surface area (Å²) in [7, 11) is 0. The van der Waals surface area contributed by atoms with Crippen LogP contribution in [-0.2, 0) is 0 Å². The largest absolute Gasteiger partial charge is 0.316 e. The highest BCUT2D eigenvalue weighted by Gasteiger charge is 2.08. The molecular formula is C14H19N. The van der Waals surface area contributed by atoms with Gasteiger partial charge in [0.2, 0.25) is 0 Å². The lowest BCUT2D eigenvalue weighted by Gasteiger charge is -2.26. The van der Waals surface area contributed by atoms with E-state index in [-0.39, 0.29) is 0 Å². The van der Waals surface area contributed by atoms with Gasteiger partial charge in [-0.1, -0.05) is 38.5 Å². The van der Waals surface area contributed by atoms with Gasteiger partial charge in [-0.15, -0.1) is 0 Å². The van der Waals surface area contributed by atoms with Gasteiger partial charge in [-0.3, -0.25) is 0 Å². The topological polar surface area (TPSA) is 3.24 Å². The third-order valence-corrected chi connectivity index (χ3v) is 1.79. The van der Waals surface area contributed by atoms with Crippen molar-refractivity contribution in [2.75, 3.05) is 0 Å². The van der Waals surface area contributed by atoms with Gasteiger partial charge in [0.15, 0.2) is 0 Å². The van der Waals surface area contributed by atoms with E-state index in [2.05, 4.69) is 26.3 Å². The van der Waals surface area contributed by atoms with Crippen molar-refractivity contribution in [2.24, 2.45) is 0 Å². The second-order valence-corrected chi connectivity index (χ2v) is 3.09. The Morgan fingerprint density at radius 2 is 1.80 bits per heavy atom. The summed E-state index contributed by atoms with van der Waals surface area (Å²) in [6, 6.07) is 0. The second-order valence-electron chi connectivity index (χ2n) is 3.09. The maximum atomic E-state index is 3.92. The molecular weight excluding hydrogens is 182 g/mol. The standard InChI is InChI=1S/C14H19N/c1-7-10-14(11-8-2)15(12(4)5)13(6)9-3/h7-11H,1,3-4,6H2,2,5H3/b11-8-,14-10+. The van der Waals surface area contributed by atoms with Gasteiger partial charge in [0.1, 0.15) is 0 Å². The smallest absolute Gasteiger partial charge is 0.0454 e. The minimum atomic E-state index is 0.800. The van der Waals surface area contributed by atoms with Crippen LogP contribution in [0.15, 0.2) is 73.8 Å². The fraction of sp³-hybridized carbons (Fsp3) is 0.143. The lowest BCUT2D eigenvalue weighted by atomic mass is 10.2. The van der Waals surface area contributed by atoms with Gasteiger partial charge in [0.05, 0.1) is 0 Å². The van der Waals surface area contributed by atoms with Crippen LogP contribution in [0.1, 0.15) is 13.8 Å². The fourth-order valence-electron chi connectivity index (χ4n) is 1.22. The van der Waals surface area contributed by atoms with E-state index in [1.807, 2.05) is 37.0 Å². The van der Waals surface area contributed by atoms with Crippen molar-refractivity contribution >= 4 is 0 Å². The quantitative estimate of drug-likeness (QED) is 0.583. The van der Waals surface area contributed by atoms with E-state index in [1.54, 1.807) is 12.2 Å². The molecule has 0 atom stereocenters. The first-order valence-electron chi connectivity index (χ1n) is 4.80. The van der Waals surface area contributed by atoms with Gasteiger partial charge in [-0.25, -0.2) is 0 Å². The number of allylic oxidation sites excluding steroid dienone is 6. The van der Waals surface area contributed by atoms with Gasteiger partial charge in [0.25, 0.3) is 0 Å². The van der Waals surface area contributed by atoms with E-state index < -0.39 is 0 Å². The van der Waals surface area contributed by atoms with Gasteiger partial charge >= 0.3 is 0 Å². The van der Waals surface area contributed by atoms with Crippen LogP contribution >= 0.6 is 0 Å². The first-order valence-corrected chi connectivity index (χ1v) is 4.80. The van der Waals surface area contributed by atoms with Crippen molar-refractivity contribution in [1.29, 1.82) is 0 Å². The first-order chi connectivity index (χ1) is 7.08. The molecule has 80 valence electrons. The average molecular weight is 201 g/mol. The predicted octanol–water partition coefficient (Wildman–Crippen LogP) is 4.17. The molecule has 0 heterocycles. The maximum Gasteiger partial charge on any atom is 0.0454 e. The highest BCUT2D eigenvalue weighted by Crippen LogP contribution is 2.19. The minimum absolute atomic E-state index is 0.800. The molecule has 0 aliphatic heterocycles. The summed E-state index contributed by atoms with van der Waals surface area (Å²) in [6.45, 7) is 19.1. The molecule has 1 nitrogen and oxygen atoms in total. The lowest BCUT2D eigenvalue weighted by Crippen LogP contribution is -2.17. The van der Waals surface area contributed by atoms with Gasteiger partial charge < -0.3 is 4.90 Å². The van der Waals surface area contributed by atoms with E-state index in [1.165, 1.54) is 0 Å². The first kappa shape index (κ1) is 13.2. The molecule has 0 fully saturated rings. The summed E-state index contributed by atoms with van der Waals surface area (Å²) < 4.78 is 0. The predicted molar refractivity (Wildman–Crippen MR) is 69.1 cm³/mol. The van der Waals surface area contributed by atoms with E-state index >= 15 is 0 Å². The van der Waals surface area contributed by atoms with Crippen molar-refractivity contribution in [3.05, 3.63) is 73.8 Å². The Morgan fingerprint density at radius 1 is 1.20 bits per heavy atom. The zero-order chi connectivity index (χ0) is 11.8. The molecule has 15 heavy (non-hydrogen) atoms. The molecule has 1 heteroatoms. The van der Waals surface area contributed by atoms with E-state index in [0.717, 1.165) is 17.1 Å². The molecule has 0 saturated heterocycles. The number of nitrogens with zero attached hydrogens (tertiary/aromatic N) is 1. The maximum absolute atomic E-state index is 3.92. The summed E-state index contributed by atoms with van der Waals surface area (Å²) in [6.07, 6.45) is 9.28. The second kappa shape index (κ2) is 6.66. The summed E-state index contributed by atoms with van der Waals surface area (Å²) in [5.74, 6) is 0. The van der Waals surface area contributed by atoms with Crippen molar-refractivity contribution in [2.45, 2.75) is 13.8 Å². The summed E-state index contributed by atoms with van der Waals surface area (Å²) >= 11 is 0. The third-order valence-electron chi connectivity index (χ3n) is 1.79. The molecule has 0 radical (unpaired) electrons. The molecule has 0 spiro atoms. The Balaban J connectivity index is 5.28. The molecule has 0 aromatic carbocycles. The van der Waals surface area contributed by atoms with Gasteiger partial charge in [-0.05, 0) is 32.1 Å². The number of hydrogen-bond acceptors (Lipinski definition) is 1. The van der Waals surface area contributed by atoms with Crippen molar-refractivity contribution in [3.8, 4) is 0 Å². The monoisotopic (exact) mass is 201 g/mol. The van der Waals surface area contributed by atoms with Crippen LogP contribution in [0.25, 0.3) is 0 Å². The Hall–Kier alpha value is -1.76. The van der Waals surface area contributed by atoms with Crippen LogP contribution in [0.3, 0.4) is 0 Å². The van der Waals surface area contributed by atoms with E-state index in [4.69, 9.17) is 0 Å². The molecule has 0 rings (SSSR count). The van der Waals surface area contributed by atoms with Crippen molar-refractivity contribution in [1.82, 2.24) is 4.90 Å². The van der Waals surface area contributed by atoms with Crippen LogP contribution in [0, 0.1) is 0 Å². The van der Waals surface area contributed by atoms with Crippen LogP contribution in [0.2, 0.25) is 0 Å². The number of rotatable bonds is 6. The summed E-state index contributed by atoms with van der Waals surface area (Å²) in [5.41, 5.74) is 2.67. The van der Waals surface area contributed by atoms with E-state index in [9.17, 15) is 0 Å². The minimum Gasteiger partial charge on any atom is -0.316 e. The molecule has 0 saturated carbocycles. The summed E-state index contributed by atoms with van der Waals surface area (Å²) in [4.78, 5) is 1.93. The molecule has 0 bridgehead atoms. The Bertz CT molecular complexity index is 329. The Kier molecular flexibility index (Phi) is 5.88. The highest BCUT2D eigenvalue weighted by atomic mass is 15.1. The van der Waals surface area contributed by atoms with Crippen LogP contribution in [-0.4, -0.2) is 4.90 Å². The van der Waals surface area contributed by atoms with Crippen molar-refractivity contribution < 1.29 is 0 Å². The molecule has 0 amide bonds. The normalized spacial score (nSPS) is 11.2. The fourth-order valence-corrected chi connectivity index (χ4v) is 1.22. The molecule has 0 N–H and O–H groups in total. The summed E-state index contributed by atoms with van der Waals surface area (Å²) in [5, 5.41) is 0. The molecule has 0 aliphatic rings. The molecule has 0 aliphatic carbocycles. The molecule has 0 unspecified atom stereocenters. The Labute approximate surface area is 93.1 Å². The molecule has 0 aromatic heterocycles. The molecule has 0 aromatic rings. The zero-order valence-electron chi connectivity index (χ0n) is 9.66. The van der Waals surface area contributed by atoms with Gasteiger partial charge in [0, 0.05) is 17.1 Å². The highest BCUT2D eigenvalue weighted by molar-refractivity contribution is 5.32. The zero-order valence-corrected chi connectivity index (χ0v) is 9.66. The van der Waals surface area contributed by atoms with Crippen LogP contribution in [0.5, 0.6) is 0 Å². The lowest BCUT2D eigenvalue weighted by molar-refractivity contribution is 0.566.